The minimum absolute atomic E-state index is 0.459. The molecule has 124 valence electrons. The molecule has 0 unspecified atom stereocenters. The van der Waals surface area contributed by atoms with Gasteiger partial charge in [0.1, 0.15) is 0 Å². The van der Waals surface area contributed by atoms with Gasteiger partial charge >= 0.3 is 6.09 Å². The lowest BCUT2D eigenvalue weighted by Crippen LogP contribution is -2.51. The number of methoxy groups -OCH3 is 1. The lowest BCUT2D eigenvalue weighted by atomic mass is 9.94. The van der Waals surface area contributed by atoms with Crippen molar-refractivity contribution in [2.45, 2.75) is 51.7 Å². The Morgan fingerprint density at radius 3 is 2.45 bits per heavy atom. The van der Waals surface area contributed by atoms with E-state index < -0.39 is 11.8 Å². The summed E-state index contributed by atoms with van der Waals surface area (Å²) in [5.41, 5.74) is 0.0273. The van der Waals surface area contributed by atoms with Crippen LogP contribution in [0.3, 0.4) is 0 Å². The lowest BCUT2D eigenvalue weighted by Gasteiger charge is -2.42. The van der Waals surface area contributed by atoms with Crippen molar-refractivity contribution in [1.82, 2.24) is 4.90 Å². The van der Waals surface area contributed by atoms with Crippen LogP contribution in [-0.2, 0) is 10.5 Å². The molecule has 0 saturated carbocycles. The Labute approximate surface area is 147 Å². The van der Waals surface area contributed by atoms with Crippen LogP contribution in [0.4, 0.5) is 4.79 Å². The number of amides is 1. The van der Waals surface area contributed by atoms with E-state index >= 15 is 0 Å². The van der Waals surface area contributed by atoms with Crippen LogP contribution in [0.5, 0.6) is 0 Å². The van der Waals surface area contributed by atoms with Crippen molar-refractivity contribution in [3.8, 4) is 0 Å². The average Bonchev–Trinajstić information content (AvgIpc) is 2.51. The van der Waals surface area contributed by atoms with Gasteiger partial charge in [-0.1, -0.05) is 44.9 Å². The molecule has 22 heavy (non-hydrogen) atoms. The minimum atomic E-state index is -0.931. The minimum Gasteiger partial charge on any atom is -0.465 e. The summed E-state index contributed by atoms with van der Waals surface area (Å²) in [6, 6.07) is 7.87. The first-order valence-corrected chi connectivity index (χ1v) is 8.92. The number of rotatable bonds is 9. The Bertz CT molecular complexity index is 481. The van der Waals surface area contributed by atoms with Crippen molar-refractivity contribution < 1.29 is 14.6 Å². The maximum Gasteiger partial charge on any atom is 0.409 e. The molecule has 0 radical (unpaired) electrons. The number of benzene rings is 1. The van der Waals surface area contributed by atoms with Crippen LogP contribution in [0.1, 0.15) is 51.5 Å². The van der Waals surface area contributed by atoms with Gasteiger partial charge in [-0.05, 0) is 41.5 Å². The molecule has 1 amide bonds. The van der Waals surface area contributed by atoms with Gasteiger partial charge in [-0.2, -0.15) is 0 Å². The molecule has 0 saturated heterocycles. The van der Waals surface area contributed by atoms with Gasteiger partial charge in [0.25, 0.3) is 0 Å². The molecule has 1 aromatic carbocycles. The highest BCUT2D eigenvalue weighted by Gasteiger charge is 2.42. The highest BCUT2D eigenvalue weighted by Crippen LogP contribution is 2.37. The summed E-state index contributed by atoms with van der Waals surface area (Å²) in [5.74, 6) is 0. The summed E-state index contributed by atoms with van der Waals surface area (Å²) in [7, 11) is 1.61. The molecule has 1 N–H and O–H groups in total. The van der Waals surface area contributed by atoms with Crippen LogP contribution in [0.15, 0.2) is 24.3 Å². The van der Waals surface area contributed by atoms with E-state index in [1.54, 1.807) is 7.11 Å². The zero-order valence-corrected chi connectivity index (χ0v) is 15.8. The third-order valence-corrected chi connectivity index (χ3v) is 4.81. The molecule has 0 aliphatic carbocycles. The molecule has 1 rings (SSSR count). The summed E-state index contributed by atoms with van der Waals surface area (Å²) in [5, 5.41) is 9.72. The van der Waals surface area contributed by atoms with Gasteiger partial charge in [-0.25, -0.2) is 4.79 Å². The third-order valence-electron chi connectivity index (χ3n) is 3.87. The Kier molecular flexibility index (Phi) is 8.17. The third kappa shape index (κ3) is 4.35. The van der Waals surface area contributed by atoms with Crippen LogP contribution < -0.4 is 0 Å². The molecule has 0 aliphatic heterocycles. The lowest BCUT2D eigenvalue weighted by molar-refractivity contribution is -0.135. The smallest absolute Gasteiger partial charge is 0.409 e. The summed E-state index contributed by atoms with van der Waals surface area (Å²) >= 11 is 2.26. The van der Waals surface area contributed by atoms with E-state index in [1.807, 2.05) is 31.2 Å². The number of hydrogen-bond acceptors (Lipinski definition) is 2. The number of unbranched alkanes of at least 4 members (excludes halogenated alkanes) is 2. The molecular formula is C17H26INO3. The van der Waals surface area contributed by atoms with E-state index in [9.17, 15) is 9.90 Å². The molecule has 1 aromatic rings. The number of carbonyl (C=O) groups is 1. The van der Waals surface area contributed by atoms with Crippen molar-refractivity contribution >= 4 is 28.7 Å². The fourth-order valence-electron chi connectivity index (χ4n) is 2.78. The fourth-order valence-corrected chi connectivity index (χ4v) is 3.59. The van der Waals surface area contributed by atoms with Crippen LogP contribution in [0, 0.1) is 3.57 Å². The number of carboxylic acid groups (broad SMARTS) is 1. The zero-order chi connectivity index (χ0) is 16.6. The topological polar surface area (TPSA) is 49.8 Å². The normalized spacial score (nSPS) is 13.6. The first-order chi connectivity index (χ1) is 10.5. The van der Waals surface area contributed by atoms with Gasteiger partial charge < -0.3 is 9.84 Å². The molecule has 4 nitrogen and oxygen atoms in total. The van der Waals surface area contributed by atoms with Crippen LogP contribution >= 0.6 is 22.6 Å². The Morgan fingerprint density at radius 1 is 1.27 bits per heavy atom. The van der Waals surface area contributed by atoms with E-state index in [0.717, 1.165) is 34.8 Å². The van der Waals surface area contributed by atoms with Gasteiger partial charge in [0.2, 0.25) is 0 Å². The molecule has 1 atom stereocenters. The van der Waals surface area contributed by atoms with Crippen molar-refractivity contribution in [2.24, 2.45) is 0 Å². The Morgan fingerprint density at radius 2 is 1.95 bits per heavy atom. The highest BCUT2D eigenvalue weighted by molar-refractivity contribution is 14.1. The second kappa shape index (κ2) is 9.35. The van der Waals surface area contributed by atoms with Crippen LogP contribution in [0.25, 0.3) is 0 Å². The molecule has 0 aliphatic rings. The van der Waals surface area contributed by atoms with Gasteiger partial charge in [0.05, 0.1) is 0 Å². The summed E-state index contributed by atoms with van der Waals surface area (Å²) in [6.45, 7) is 4.58. The first-order valence-electron chi connectivity index (χ1n) is 7.84. The molecule has 5 heteroatoms. The predicted octanol–water partition coefficient (Wildman–Crippen LogP) is 5.06. The van der Waals surface area contributed by atoms with Crippen molar-refractivity contribution in [3.63, 3.8) is 0 Å². The highest BCUT2D eigenvalue weighted by atomic mass is 127. The maximum absolute atomic E-state index is 11.9. The molecule has 0 spiro atoms. The first kappa shape index (κ1) is 19.2. The van der Waals surface area contributed by atoms with Crippen molar-refractivity contribution in [2.75, 3.05) is 13.7 Å². The van der Waals surface area contributed by atoms with Gasteiger partial charge in [0, 0.05) is 29.2 Å². The number of hydrogen-bond donors (Lipinski definition) is 1. The van der Waals surface area contributed by atoms with Crippen LogP contribution in [0.2, 0.25) is 0 Å². The number of halogens is 1. The molecule has 0 aromatic heterocycles. The van der Waals surface area contributed by atoms with Gasteiger partial charge in [0.15, 0.2) is 5.72 Å². The number of ether oxygens (including phenoxy) is 1. The summed E-state index contributed by atoms with van der Waals surface area (Å²) in [4.78, 5) is 13.3. The second-order valence-corrected chi connectivity index (χ2v) is 6.52. The van der Waals surface area contributed by atoms with Crippen molar-refractivity contribution in [1.29, 1.82) is 0 Å². The van der Waals surface area contributed by atoms with Gasteiger partial charge in [-0.3, -0.25) is 4.90 Å². The SMILES string of the molecule is CCCCC[C@@](OC)(c1ccccc1I)N(CCC)C(=O)O. The monoisotopic (exact) mass is 419 g/mol. The standard InChI is InChI=1S/C17H26INO3/c1-4-6-9-12-17(22-3,19(13-5-2)16(20)21)14-10-7-8-11-15(14)18/h7-8,10-11H,4-6,9,12-13H2,1-3H3,(H,20,21)/t17-/m1/s1. The summed E-state index contributed by atoms with van der Waals surface area (Å²) in [6.07, 6.45) is 3.58. The Balaban J connectivity index is 3.33. The molecule has 0 fully saturated rings. The maximum atomic E-state index is 11.9. The number of nitrogens with zero attached hydrogens (tertiary/aromatic N) is 1. The predicted molar refractivity (Wildman–Crippen MR) is 97.0 cm³/mol. The Hall–Kier alpha value is -0.820. The average molecular weight is 419 g/mol. The largest absolute Gasteiger partial charge is 0.465 e. The van der Waals surface area contributed by atoms with Crippen molar-refractivity contribution in [3.05, 3.63) is 33.4 Å². The fraction of sp³-hybridized carbons (Fsp3) is 0.588. The van der Waals surface area contributed by atoms with E-state index in [0.29, 0.717) is 13.0 Å². The zero-order valence-electron chi connectivity index (χ0n) is 13.6. The van der Waals surface area contributed by atoms with Crippen LogP contribution in [-0.4, -0.2) is 29.8 Å². The molecular weight excluding hydrogens is 393 g/mol. The van der Waals surface area contributed by atoms with E-state index in [2.05, 4.69) is 29.5 Å². The molecule has 0 bridgehead atoms. The summed E-state index contributed by atoms with van der Waals surface area (Å²) < 4.78 is 6.90. The second-order valence-electron chi connectivity index (χ2n) is 5.36. The van der Waals surface area contributed by atoms with E-state index in [1.165, 1.54) is 4.90 Å². The van der Waals surface area contributed by atoms with E-state index in [-0.39, 0.29) is 0 Å². The van der Waals surface area contributed by atoms with E-state index in [4.69, 9.17) is 4.74 Å². The molecule has 0 heterocycles. The van der Waals surface area contributed by atoms with Gasteiger partial charge in [-0.15, -0.1) is 0 Å². The quantitative estimate of drug-likeness (QED) is 0.346.